The maximum Gasteiger partial charge on any atom is 0.228 e. The molecule has 7 heteroatoms. The first-order valence-electron chi connectivity index (χ1n) is 7.19. The predicted molar refractivity (Wildman–Crippen MR) is 82.9 cm³/mol. The lowest BCUT2D eigenvalue weighted by Crippen LogP contribution is -2.24. The Morgan fingerprint density at radius 2 is 1.88 bits per heavy atom. The highest BCUT2D eigenvalue weighted by atomic mass is 19.2. The molecule has 0 aliphatic carbocycles. The lowest BCUT2D eigenvalue weighted by atomic mass is 10.1. The number of hydrogen-bond donors (Lipinski definition) is 0. The van der Waals surface area contributed by atoms with Crippen LogP contribution in [0.1, 0.15) is 5.69 Å². The first-order valence-corrected chi connectivity index (χ1v) is 7.19. The lowest BCUT2D eigenvalue weighted by Gasteiger charge is -2.11. The van der Waals surface area contributed by atoms with Gasteiger partial charge in [0.1, 0.15) is 11.5 Å². The third kappa shape index (κ3) is 2.84. The number of imidazole rings is 1. The molecule has 2 heterocycles. The molecule has 24 heavy (non-hydrogen) atoms. The molecule has 0 N–H and O–H groups in total. The van der Waals surface area contributed by atoms with Crippen LogP contribution in [0.25, 0.3) is 16.9 Å². The monoisotopic (exact) mass is 333 g/mol. The molecule has 0 fully saturated rings. The van der Waals surface area contributed by atoms with E-state index in [1.165, 1.54) is 33.7 Å². The topological polar surface area (TPSA) is 37.6 Å². The Morgan fingerprint density at radius 3 is 2.54 bits per heavy atom. The summed E-state index contributed by atoms with van der Waals surface area (Å²) in [5.74, 6) is -2.69. The van der Waals surface area contributed by atoms with Crippen molar-refractivity contribution in [3.05, 3.63) is 59.7 Å². The molecule has 3 rings (SSSR count). The van der Waals surface area contributed by atoms with Gasteiger partial charge >= 0.3 is 0 Å². The van der Waals surface area contributed by atoms with E-state index >= 15 is 0 Å². The molecule has 0 saturated heterocycles. The van der Waals surface area contributed by atoms with Gasteiger partial charge in [-0.3, -0.25) is 9.20 Å². The van der Waals surface area contributed by atoms with Crippen molar-refractivity contribution in [2.24, 2.45) is 0 Å². The lowest BCUT2D eigenvalue weighted by molar-refractivity contribution is -0.128. The van der Waals surface area contributed by atoms with Gasteiger partial charge < -0.3 is 4.90 Å². The second-order valence-electron chi connectivity index (χ2n) is 5.58. The number of fused-ring (bicyclic) bond motifs is 1. The zero-order valence-electron chi connectivity index (χ0n) is 13.1. The van der Waals surface area contributed by atoms with Gasteiger partial charge in [0.2, 0.25) is 5.91 Å². The van der Waals surface area contributed by atoms with Crippen LogP contribution >= 0.6 is 0 Å². The summed E-state index contributed by atoms with van der Waals surface area (Å²) >= 11 is 0. The van der Waals surface area contributed by atoms with Crippen LogP contribution in [0.15, 0.2) is 36.5 Å². The quantitative estimate of drug-likeness (QED) is 0.739. The molecule has 4 nitrogen and oxygen atoms in total. The van der Waals surface area contributed by atoms with Crippen LogP contribution in [-0.2, 0) is 11.2 Å². The molecule has 124 valence electrons. The minimum Gasteiger partial charge on any atom is -0.348 e. The van der Waals surface area contributed by atoms with E-state index in [9.17, 15) is 18.0 Å². The Morgan fingerprint density at radius 1 is 1.12 bits per heavy atom. The number of halogens is 3. The predicted octanol–water partition coefficient (Wildman–Crippen LogP) is 3.05. The van der Waals surface area contributed by atoms with Gasteiger partial charge in [-0.15, -0.1) is 0 Å². The van der Waals surface area contributed by atoms with E-state index in [2.05, 4.69) is 4.98 Å². The smallest absolute Gasteiger partial charge is 0.228 e. The third-order valence-electron chi connectivity index (χ3n) is 3.69. The highest BCUT2D eigenvalue weighted by Crippen LogP contribution is 2.27. The van der Waals surface area contributed by atoms with Gasteiger partial charge in [-0.05, 0) is 30.3 Å². The molecule has 1 aromatic carbocycles. The second kappa shape index (κ2) is 5.99. The summed E-state index contributed by atoms with van der Waals surface area (Å²) in [6, 6.07) is 6.08. The van der Waals surface area contributed by atoms with Gasteiger partial charge in [0.15, 0.2) is 11.6 Å². The highest BCUT2D eigenvalue weighted by Gasteiger charge is 2.19. The highest BCUT2D eigenvalue weighted by molar-refractivity contribution is 5.81. The van der Waals surface area contributed by atoms with Crippen molar-refractivity contribution in [2.45, 2.75) is 6.42 Å². The summed E-state index contributed by atoms with van der Waals surface area (Å²) in [6.45, 7) is 0. The number of carbonyl (C=O) groups excluding carboxylic acids is 1. The molecule has 1 amide bonds. The molecule has 0 radical (unpaired) electrons. The zero-order chi connectivity index (χ0) is 17.4. The molecule has 0 bridgehead atoms. The van der Waals surface area contributed by atoms with E-state index in [4.69, 9.17) is 0 Å². The van der Waals surface area contributed by atoms with Crippen molar-refractivity contribution >= 4 is 11.6 Å². The average molecular weight is 333 g/mol. The Kier molecular flexibility index (Phi) is 4.01. The fraction of sp³-hybridized carbons (Fsp3) is 0.176. The number of likely N-dealkylation sites (N-methyl/N-ethyl adjacent to an activating group) is 1. The summed E-state index contributed by atoms with van der Waals surface area (Å²) in [7, 11) is 3.20. The number of benzene rings is 1. The summed E-state index contributed by atoms with van der Waals surface area (Å²) in [4.78, 5) is 17.8. The maximum absolute atomic E-state index is 13.6. The molecule has 0 atom stereocenters. The summed E-state index contributed by atoms with van der Waals surface area (Å²) in [5.41, 5.74) is 1.46. The van der Waals surface area contributed by atoms with Gasteiger partial charge in [0.05, 0.1) is 17.8 Å². The SMILES string of the molecule is CN(C)C(=O)Cc1c(-c2ccc(F)c(F)c2)nc2ccc(F)cn12. The van der Waals surface area contributed by atoms with Gasteiger partial charge in [-0.1, -0.05) is 0 Å². The number of nitrogens with zero attached hydrogens (tertiary/aromatic N) is 3. The molecule has 0 unspecified atom stereocenters. The fourth-order valence-corrected chi connectivity index (χ4v) is 2.41. The van der Waals surface area contributed by atoms with Gasteiger partial charge in [-0.2, -0.15) is 0 Å². The number of rotatable bonds is 3. The molecule has 0 aliphatic heterocycles. The van der Waals surface area contributed by atoms with E-state index in [-0.39, 0.29) is 12.3 Å². The standard InChI is InChI=1S/C17H14F3N3O/c1-22(2)16(24)8-14-17(10-3-5-12(19)13(20)7-10)21-15-6-4-11(18)9-23(14)15/h3-7,9H,8H2,1-2H3. The molecular weight excluding hydrogens is 319 g/mol. The maximum atomic E-state index is 13.6. The van der Waals surface area contributed by atoms with Crippen LogP contribution in [-0.4, -0.2) is 34.3 Å². The summed E-state index contributed by atoms with van der Waals surface area (Å²) in [5, 5.41) is 0. The first kappa shape index (κ1) is 16.0. The van der Waals surface area contributed by atoms with Crippen LogP contribution in [0, 0.1) is 17.5 Å². The Balaban J connectivity index is 2.22. The minimum absolute atomic E-state index is 0.0497. The molecule has 2 aromatic heterocycles. The summed E-state index contributed by atoms with van der Waals surface area (Å²) in [6.07, 6.45) is 1.16. The number of amides is 1. The number of aromatic nitrogens is 2. The minimum atomic E-state index is -1.01. The van der Waals surface area contributed by atoms with E-state index < -0.39 is 17.5 Å². The van der Waals surface area contributed by atoms with E-state index in [0.717, 1.165) is 12.1 Å². The van der Waals surface area contributed by atoms with Crippen LogP contribution < -0.4 is 0 Å². The van der Waals surface area contributed by atoms with E-state index in [1.54, 1.807) is 14.1 Å². The van der Waals surface area contributed by atoms with Crippen molar-refractivity contribution in [1.29, 1.82) is 0 Å². The van der Waals surface area contributed by atoms with Crippen LogP contribution in [0.5, 0.6) is 0 Å². The van der Waals surface area contributed by atoms with E-state index in [1.807, 2.05) is 0 Å². The van der Waals surface area contributed by atoms with Crippen LogP contribution in [0.3, 0.4) is 0 Å². The van der Waals surface area contributed by atoms with Crippen molar-refractivity contribution in [2.75, 3.05) is 14.1 Å². The van der Waals surface area contributed by atoms with Crippen molar-refractivity contribution in [3.63, 3.8) is 0 Å². The van der Waals surface area contributed by atoms with Gasteiger partial charge in [0, 0.05) is 25.9 Å². The third-order valence-corrected chi connectivity index (χ3v) is 3.69. The second-order valence-corrected chi connectivity index (χ2v) is 5.58. The molecule has 0 spiro atoms. The number of pyridine rings is 1. The van der Waals surface area contributed by atoms with Gasteiger partial charge in [0.25, 0.3) is 0 Å². The molecule has 0 aliphatic rings. The normalized spacial score (nSPS) is 11.0. The Hall–Kier alpha value is -2.83. The van der Waals surface area contributed by atoms with Crippen molar-refractivity contribution in [1.82, 2.24) is 14.3 Å². The van der Waals surface area contributed by atoms with Crippen molar-refractivity contribution < 1.29 is 18.0 Å². The summed E-state index contributed by atoms with van der Waals surface area (Å²) < 4.78 is 41.8. The zero-order valence-corrected chi connectivity index (χ0v) is 13.1. The van der Waals surface area contributed by atoms with Crippen molar-refractivity contribution in [3.8, 4) is 11.3 Å². The fourth-order valence-electron chi connectivity index (χ4n) is 2.41. The largest absolute Gasteiger partial charge is 0.348 e. The average Bonchev–Trinajstić information content (AvgIpc) is 2.88. The number of hydrogen-bond acceptors (Lipinski definition) is 2. The number of carbonyl (C=O) groups is 1. The molecular formula is C17H14F3N3O. The van der Waals surface area contributed by atoms with E-state index in [0.29, 0.717) is 22.6 Å². The first-order chi connectivity index (χ1) is 11.4. The molecule has 0 saturated carbocycles. The Bertz CT molecular complexity index is 934. The van der Waals surface area contributed by atoms with Gasteiger partial charge in [-0.25, -0.2) is 18.2 Å². The van der Waals surface area contributed by atoms with Crippen LogP contribution in [0.4, 0.5) is 13.2 Å². The molecule has 3 aromatic rings. The Labute approximate surface area is 136 Å². The van der Waals surface area contributed by atoms with Crippen LogP contribution in [0.2, 0.25) is 0 Å².